The fourth-order valence-corrected chi connectivity index (χ4v) is 2.74. The second kappa shape index (κ2) is 5.69. The minimum absolute atomic E-state index is 0.245. The number of rotatable bonds is 4. The van der Waals surface area contributed by atoms with Crippen LogP contribution in [-0.2, 0) is 5.75 Å². The van der Waals surface area contributed by atoms with Crippen LogP contribution in [0.1, 0.15) is 5.56 Å². The zero-order valence-electron chi connectivity index (χ0n) is 11.4. The largest absolute Gasteiger partial charge is 0.454 e. The minimum Gasteiger partial charge on any atom is -0.454 e. The highest BCUT2D eigenvalue weighted by Gasteiger charge is 2.16. The van der Waals surface area contributed by atoms with Gasteiger partial charge in [0.25, 0.3) is 5.22 Å². The molecule has 3 heterocycles. The first-order chi connectivity index (χ1) is 10.9. The third-order valence-corrected chi connectivity index (χ3v) is 4.00. The molecule has 7 heteroatoms. The average molecular weight is 313 g/mol. The van der Waals surface area contributed by atoms with Crippen LogP contribution in [0.4, 0.5) is 0 Å². The first-order valence-corrected chi connectivity index (χ1v) is 7.62. The Labute approximate surface area is 130 Å². The van der Waals surface area contributed by atoms with Gasteiger partial charge in [-0.2, -0.15) is 0 Å². The third kappa shape index (κ3) is 2.62. The lowest BCUT2D eigenvalue weighted by Crippen LogP contribution is -1.92. The summed E-state index contributed by atoms with van der Waals surface area (Å²) in [5, 5.41) is 8.65. The molecule has 6 nitrogen and oxygen atoms in total. The molecule has 0 N–H and O–H groups in total. The van der Waals surface area contributed by atoms with Crippen LogP contribution >= 0.6 is 11.8 Å². The van der Waals surface area contributed by atoms with Crippen LogP contribution in [0.15, 0.2) is 52.4 Å². The van der Waals surface area contributed by atoms with Gasteiger partial charge in [-0.3, -0.25) is 4.98 Å². The van der Waals surface area contributed by atoms with Gasteiger partial charge in [-0.05, 0) is 29.8 Å². The molecule has 0 amide bonds. The summed E-state index contributed by atoms with van der Waals surface area (Å²) in [5.41, 5.74) is 1.92. The van der Waals surface area contributed by atoms with E-state index in [1.807, 2.05) is 36.5 Å². The molecule has 3 aromatic rings. The van der Waals surface area contributed by atoms with E-state index in [-0.39, 0.29) is 6.79 Å². The smallest absolute Gasteiger partial charge is 0.277 e. The lowest BCUT2D eigenvalue weighted by atomic mass is 10.2. The molecule has 1 aliphatic heterocycles. The zero-order valence-corrected chi connectivity index (χ0v) is 12.2. The molecule has 4 rings (SSSR count). The molecule has 0 saturated carbocycles. The van der Waals surface area contributed by atoms with E-state index in [9.17, 15) is 0 Å². The van der Waals surface area contributed by atoms with Gasteiger partial charge < -0.3 is 13.9 Å². The summed E-state index contributed by atoms with van der Waals surface area (Å²) in [6, 6.07) is 9.46. The number of ether oxygens (including phenoxy) is 2. The fraction of sp³-hybridized carbons (Fsp3) is 0.133. The number of nitrogens with zero attached hydrogens (tertiary/aromatic N) is 3. The highest BCUT2D eigenvalue weighted by molar-refractivity contribution is 7.98. The van der Waals surface area contributed by atoms with Gasteiger partial charge in [0.15, 0.2) is 11.5 Å². The number of benzene rings is 1. The molecule has 1 aliphatic rings. The monoisotopic (exact) mass is 313 g/mol. The van der Waals surface area contributed by atoms with Crippen molar-refractivity contribution >= 4 is 11.8 Å². The maximum absolute atomic E-state index is 5.68. The number of pyridine rings is 1. The van der Waals surface area contributed by atoms with Gasteiger partial charge in [-0.1, -0.05) is 17.8 Å². The molecule has 0 aliphatic carbocycles. The van der Waals surface area contributed by atoms with Crippen LogP contribution in [0, 0.1) is 0 Å². The van der Waals surface area contributed by atoms with Crippen molar-refractivity contribution in [2.75, 3.05) is 6.79 Å². The van der Waals surface area contributed by atoms with Gasteiger partial charge in [-0.25, -0.2) is 0 Å². The summed E-state index contributed by atoms with van der Waals surface area (Å²) < 4.78 is 16.3. The van der Waals surface area contributed by atoms with Gasteiger partial charge in [0.2, 0.25) is 12.7 Å². The van der Waals surface area contributed by atoms with E-state index < -0.39 is 0 Å². The Kier molecular flexibility index (Phi) is 3.40. The predicted molar refractivity (Wildman–Crippen MR) is 79.7 cm³/mol. The average Bonchev–Trinajstić information content (AvgIpc) is 3.22. The molecule has 0 fully saturated rings. The summed E-state index contributed by atoms with van der Waals surface area (Å²) in [4.78, 5) is 4.08. The van der Waals surface area contributed by atoms with Crippen LogP contribution in [0.2, 0.25) is 0 Å². The lowest BCUT2D eigenvalue weighted by molar-refractivity contribution is 0.174. The van der Waals surface area contributed by atoms with Gasteiger partial charge in [0, 0.05) is 23.7 Å². The Morgan fingerprint density at radius 2 is 2.05 bits per heavy atom. The quantitative estimate of drug-likeness (QED) is 0.685. The summed E-state index contributed by atoms with van der Waals surface area (Å²) in [6.45, 7) is 0.245. The van der Waals surface area contributed by atoms with Crippen LogP contribution in [0.5, 0.6) is 11.5 Å². The predicted octanol–water partition coefficient (Wildman–Crippen LogP) is 3.15. The molecule has 0 radical (unpaired) electrons. The van der Waals surface area contributed by atoms with Crippen molar-refractivity contribution in [1.29, 1.82) is 0 Å². The van der Waals surface area contributed by atoms with E-state index in [1.165, 1.54) is 11.8 Å². The molecule has 110 valence electrons. The highest BCUT2D eigenvalue weighted by Crippen LogP contribution is 2.36. The first kappa shape index (κ1) is 13.1. The molecule has 0 bridgehead atoms. The van der Waals surface area contributed by atoms with E-state index in [0.717, 1.165) is 22.6 Å². The number of thioether (sulfide) groups is 1. The Balaban J connectivity index is 1.49. The van der Waals surface area contributed by atoms with Crippen LogP contribution in [-0.4, -0.2) is 22.0 Å². The maximum atomic E-state index is 5.68. The van der Waals surface area contributed by atoms with E-state index in [4.69, 9.17) is 13.9 Å². The van der Waals surface area contributed by atoms with Crippen molar-refractivity contribution in [1.82, 2.24) is 15.2 Å². The first-order valence-electron chi connectivity index (χ1n) is 6.64. The summed E-state index contributed by atoms with van der Waals surface area (Å²) in [6.07, 6.45) is 3.57. The van der Waals surface area contributed by atoms with Crippen molar-refractivity contribution < 1.29 is 13.9 Å². The van der Waals surface area contributed by atoms with Crippen molar-refractivity contribution in [3.63, 3.8) is 0 Å². The van der Waals surface area contributed by atoms with E-state index in [0.29, 0.717) is 16.9 Å². The molecule has 1 aromatic carbocycles. The van der Waals surface area contributed by atoms with Crippen molar-refractivity contribution in [2.45, 2.75) is 11.0 Å². The molecule has 0 spiro atoms. The standard InChI is InChI=1S/C15H11N3O3S/c1-2-10(7-16-5-1)8-22-15-18-17-14(21-15)11-3-4-12-13(6-11)20-9-19-12/h1-7H,8-9H2. The Morgan fingerprint density at radius 3 is 2.95 bits per heavy atom. The van der Waals surface area contributed by atoms with E-state index in [2.05, 4.69) is 15.2 Å². The van der Waals surface area contributed by atoms with Crippen molar-refractivity contribution in [3.8, 4) is 23.0 Å². The van der Waals surface area contributed by atoms with Gasteiger partial charge in [0.05, 0.1) is 0 Å². The second-order valence-electron chi connectivity index (χ2n) is 4.59. The second-order valence-corrected chi connectivity index (χ2v) is 5.52. The Morgan fingerprint density at radius 1 is 1.09 bits per heavy atom. The number of aromatic nitrogens is 3. The number of fused-ring (bicyclic) bond motifs is 1. The molecular weight excluding hydrogens is 302 g/mol. The molecule has 0 atom stereocenters. The molecule has 22 heavy (non-hydrogen) atoms. The van der Waals surface area contributed by atoms with Crippen molar-refractivity contribution in [3.05, 3.63) is 48.3 Å². The molecular formula is C15H11N3O3S. The topological polar surface area (TPSA) is 70.3 Å². The van der Waals surface area contributed by atoms with Crippen molar-refractivity contribution in [2.24, 2.45) is 0 Å². The van der Waals surface area contributed by atoms with Gasteiger partial charge in [0.1, 0.15) is 0 Å². The van der Waals surface area contributed by atoms with E-state index >= 15 is 0 Å². The molecule has 0 unspecified atom stereocenters. The maximum Gasteiger partial charge on any atom is 0.277 e. The van der Waals surface area contributed by atoms with Gasteiger partial charge >= 0.3 is 0 Å². The molecule has 0 saturated heterocycles. The van der Waals surface area contributed by atoms with Crippen LogP contribution in [0.3, 0.4) is 0 Å². The zero-order chi connectivity index (χ0) is 14.8. The third-order valence-electron chi connectivity index (χ3n) is 3.11. The SMILES string of the molecule is c1cncc(CSc2nnc(-c3ccc4c(c3)OCO4)o2)c1. The fourth-order valence-electron chi connectivity index (χ4n) is 2.04. The summed E-state index contributed by atoms with van der Waals surface area (Å²) in [5.74, 6) is 2.62. The van der Waals surface area contributed by atoms with E-state index in [1.54, 1.807) is 6.20 Å². The summed E-state index contributed by atoms with van der Waals surface area (Å²) in [7, 11) is 0. The highest BCUT2D eigenvalue weighted by atomic mass is 32.2. The van der Waals surface area contributed by atoms with Gasteiger partial charge in [-0.15, -0.1) is 10.2 Å². The van der Waals surface area contributed by atoms with Crippen LogP contribution in [0.25, 0.3) is 11.5 Å². The molecule has 2 aromatic heterocycles. The summed E-state index contributed by atoms with van der Waals surface area (Å²) >= 11 is 1.48. The van der Waals surface area contributed by atoms with Crippen LogP contribution < -0.4 is 9.47 Å². The Bertz CT molecular complexity index is 792. The number of hydrogen-bond donors (Lipinski definition) is 0. The minimum atomic E-state index is 0.245. The normalized spacial score (nSPS) is 12.5. The number of hydrogen-bond acceptors (Lipinski definition) is 7. The lowest BCUT2D eigenvalue weighted by Gasteiger charge is -1.98. The Hall–Kier alpha value is -2.54.